The van der Waals surface area contributed by atoms with Crippen molar-refractivity contribution in [2.45, 2.75) is 32.4 Å². The highest BCUT2D eigenvalue weighted by Gasteiger charge is 2.33. The molecule has 0 saturated heterocycles. The summed E-state index contributed by atoms with van der Waals surface area (Å²) in [6.07, 6.45) is -3.08. The summed E-state index contributed by atoms with van der Waals surface area (Å²) < 4.78 is 44.7. The molecular formula is C17H16F3N3O. The largest absolute Gasteiger partial charge is 0.417 e. The average Bonchev–Trinajstić information content (AvgIpc) is 3.15. The zero-order chi connectivity index (χ0) is 17.5. The van der Waals surface area contributed by atoms with Crippen molar-refractivity contribution in [2.24, 2.45) is 0 Å². The van der Waals surface area contributed by atoms with Gasteiger partial charge in [0.05, 0.1) is 23.1 Å². The van der Waals surface area contributed by atoms with Crippen LogP contribution in [-0.4, -0.2) is 15.1 Å². The molecular weight excluding hydrogens is 319 g/mol. The number of hydrogen-bond donors (Lipinski definition) is 1. The van der Waals surface area contributed by atoms with Crippen molar-refractivity contribution in [3.63, 3.8) is 0 Å². The van der Waals surface area contributed by atoms with Gasteiger partial charge in [-0.15, -0.1) is 0 Å². The predicted octanol–water partition coefficient (Wildman–Crippen LogP) is 5.05. The van der Waals surface area contributed by atoms with E-state index in [1.54, 1.807) is 12.1 Å². The fraction of sp³-hybridized carbons (Fsp3) is 0.294. The van der Waals surface area contributed by atoms with E-state index in [2.05, 4.69) is 15.1 Å². The molecule has 0 radical (unpaired) electrons. The maximum Gasteiger partial charge on any atom is 0.417 e. The Morgan fingerprint density at radius 3 is 2.42 bits per heavy atom. The lowest BCUT2D eigenvalue weighted by Crippen LogP contribution is -2.10. The minimum absolute atomic E-state index is 0.0410. The Bertz CT molecular complexity index is 856. The van der Waals surface area contributed by atoms with E-state index in [-0.39, 0.29) is 16.7 Å². The second-order valence-electron chi connectivity index (χ2n) is 6.52. The Labute approximate surface area is 136 Å². The Kier molecular flexibility index (Phi) is 3.74. The quantitative estimate of drug-likeness (QED) is 0.713. The first-order chi connectivity index (χ1) is 11.2. The normalized spacial score (nSPS) is 12.6. The molecule has 0 atom stereocenters. The van der Waals surface area contributed by atoms with Crippen molar-refractivity contribution < 1.29 is 17.7 Å². The highest BCUT2D eigenvalue weighted by atomic mass is 19.4. The SMILES string of the molecule is CC(C)(C)c1cc(-c2ncc(-c3ccccc3C(F)(F)F)[nH]2)on1. The number of nitrogens with zero attached hydrogens (tertiary/aromatic N) is 2. The smallest absolute Gasteiger partial charge is 0.353 e. The van der Waals surface area contributed by atoms with Gasteiger partial charge >= 0.3 is 6.18 Å². The number of aromatic nitrogens is 3. The van der Waals surface area contributed by atoms with Crippen molar-refractivity contribution in [3.05, 3.63) is 47.8 Å². The van der Waals surface area contributed by atoms with Crippen LogP contribution < -0.4 is 0 Å². The van der Waals surface area contributed by atoms with E-state index in [1.165, 1.54) is 18.3 Å². The first kappa shape index (κ1) is 16.3. The summed E-state index contributed by atoms with van der Waals surface area (Å²) in [4.78, 5) is 7.00. The van der Waals surface area contributed by atoms with Gasteiger partial charge in [-0.2, -0.15) is 13.2 Å². The first-order valence-corrected chi connectivity index (χ1v) is 7.35. The van der Waals surface area contributed by atoms with Gasteiger partial charge in [0.2, 0.25) is 5.76 Å². The van der Waals surface area contributed by atoms with Crippen LogP contribution >= 0.6 is 0 Å². The topological polar surface area (TPSA) is 54.7 Å². The molecule has 0 bridgehead atoms. The third-order valence-electron chi connectivity index (χ3n) is 3.61. The predicted molar refractivity (Wildman–Crippen MR) is 83.2 cm³/mol. The fourth-order valence-electron chi connectivity index (χ4n) is 2.29. The van der Waals surface area contributed by atoms with E-state index in [0.29, 0.717) is 11.6 Å². The maximum atomic E-state index is 13.1. The number of hydrogen-bond acceptors (Lipinski definition) is 3. The summed E-state index contributed by atoms with van der Waals surface area (Å²) in [5, 5.41) is 3.99. The van der Waals surface area contributed by atoms with Crippen LogP contribution in [0.3, 0.4) is 0 Å². The van der Waals surface area contributed by atoms with Crippen LogP contribution in [0, 0.1) is 0 Å². The van der Waals surface area contributed by atoms with Crippen molar-refractivity contribution in [3.8, 4) is 22.8 Å². The van der Waals surface area contributed by atoms with E-state index < -0.39 is 11.7 Å². The lowest BCUT2D eigenvalue weighted by molar-refractivity contribution is -0.137. The first-order valence-electron chi connectivity index (χ1n) is 7.35. The summed E-state index contributed by atoms with van der Waals surface area (Å²) in [5.74, 6) is 0.723. The lowest BCUT2D eigenvalue weighted by atomic mass is 9.92. The summed E-state index contributed by atoms with van der Waals surface area (Å²) >= 11 is 0. The molecule has 0 saturated carbocycles. The Morgan fingerprint density at radius 2 is 1.79 bits per heavy atom. The number of imidazole rings is 1. The third-order valence-corrected chi connectivity index (χ3v) is 3.61. The second-order valence-corrected chi connectivity index (χ2v) is 6.52. The van der Waals surface area contributed by atoms with Crippen LogP contribution in [0.15, 0.2) is 41.1 Å². The summed E-state index contributed by atoms with van der Waals surface area (Å²) in [5.41, 5.74) is 0.144. The highest BCUT2D eigenvalue weighted by Crippen LogP contribution is 2.37. The average molecular weight is 335 g/mol. The van der Waals surface area contributed by atoms with E-state index in [0.717, 1.165) is 11.8 Å². The van der Waals surface area contributed by atoms with Crippen LogP contribution in [0.25, 0.3) is 22.8 Å². The molecule has 2 aromatic heterocycles. The van der Waals surface area contributed by atoms with E-state index in [4.69, 9.17) is 4.52 Å². The van der Waals surface area contributed by atoms with Crippen molar-refractivity contribution in [1.29, 1.82) is 0 Å². The standard InChI is InChI=1S/C17H16F3N3O/c1-16(2,3)14-8-13(24-23-14)15-21-9-12(22-15)10-6-4-5-7-11(10)17(18,19)20/h4-9H,1-3H3,(H,21,22). The van der Waals surface area contributed by atoms with Crippen molar-refractivity contribution in [1.82, 2.24) is 15.1 Å². The zero-order valence-corrected chi connectivity index (χ0v) is 13.4. The molecule has 0 fully saturated rings. The molecule has 1 N–H and O–H groups in total. The molecule has 3 rings (SSSR count). The molecule has 3 aromatic rings. The van der Waals surface area contributed by atoms with Gasteiger partial charge in [0.15, 0.2) is 5.82 Å². The van der Waals surface area contributed by atoms with Crippen LogP contribution in [0.4, 0.5) is 13.2 Å². The maximum absolute atomic E-state index is 13.1. The number of benzene rings is 1. The minimum atomic E-state index is -4.44. The van der Waals surface area contributed by atoms with Gasteiger partial charge in [0.25, 0.3) is 0 Å². The Hall–Kier alpha value is -2.57. The number of rotatable bonds is 2. The molecule has 1 aromatic carbocycles. The zero-order valence-electron chi connectivity index (χ0n) is 13.4. The van der Waals surface area contributed by atoms with Crippen molar-refractivity contribution in [2.75, 3.05) is 0 Å². The molecule has 0 aliphatic carbocycles. The van der Waals surface area contributed by atoms with Gasteiger partial charge in [-0.25, -0.2) is 4.98 Å². The molecule has 4 nitrogen and oxygen atoms in total. The number of H-pyrrole nitrogens is 1. The van der Waals surface area contributed by atoms with Gasteiger partial charge < -0.3 is 9.51 Å². The van der Waals surface area contributed by atoms with E-state index in [9.17, 15) is 13.2 Å². The molecule has 126 valence electrons. The van der Waals surface area contributed by atoms with Crippen LogP contribution in [0.5, 0.6) is 0 Å². The molecule has 0 spiro atoms. The summed E-state index contributed by atoms with van der Waals surface area (Å²) in [6.45, 7) is 5.96. The van der Waals surface area contributed by atoms with Gasteiger partial charge in [-0.3, -0.25) is 0 Å². The number of halogens is 3. The van der Waals surface area contributed by atoms with Crippen molar-refractivity contribution >= 4 is 0 Å². The highest BCUT2D eigenvalue weighted by molar-refractivity contribution is 5.66. The number of nitrogens with one attached hydrogen (secondary N) is 1. The summed E-state index contributed by atoms with van der Waals surface area (Å²) in [6, 6.07) is 7.09. The monoisotopic (exact) mass is 335 g/mol. The lowest BCUT2D eigenvalue weighted by Gasteiger charge is -2.12. The van der Waals surface area contributed by atoms with Gasteiger partial charge in [0, 0.05) is 17.0 Å². The van der Waals surface area contributed by atoms with Crippen LogP contribution in [-0.2, 0) is 11.6 Å². The van der Waals surface area contributed by atoms with E-state index >= 15 is 0 Å². The fourth-order valence-corrected chi connectivity index (χ4v) is 2.29. The van der Waals surface area contributed by atoms with Crippen LogP contribution in [0.2, 0.25) is 0 Å². The van der Waals surface area contributed by atoms with Gasteiger partial charge in [-0.1, -0.05) is 44.1 Å². The third kappa shape index (κ3) is 3.06. The van der Waals surface area contributed by atoms with E-state index in [1.807, 2.05) is 20.8 Å². The van der Waals surface area contributed by atoms with Crippen LogP contribution in [0.1, 0.15) is 32.0 Å². The summed E-state index contributed by atoms with van der Waals surface area (Å²) in [7, 11) is 0. The molecule has 2 heterocycles. The molecule has 0 unspecified atom stereocenters. The second kappa shape index (κ2) is 5.51. The molecule has 7 heteroatoms. The minimum Gasteiger partial charge on any atom is -0.353 e. The number of aromatic amines is 1. The Balaban J connectivity index is 1.99. The van der Waals surface area contributed by atoms with Gasteiger partial charge in [0.1, 0.15) is 0 Å². The Morgan fingerprint density at radius 1 is 1.08 bits per heavy atom. The molecule has 0 amide bonds. The molecule has 0 aliphatic heterocycles. The molecule has 0 aliphatic rings. The van der Waals surface area contributed by atoms with Gasteiger partial charge in [-0.05, 0) is 6.07 Å². The number of alkyl halides is 3. The molecule has 24 heavy (non-hydrogen) atoms.